The molecule has 0 aliphatic heterocycles. The molecule has 0 spiro atoms. The Morgan fingerprint density at radius 1 is 0.946 bits per heavy atom. The first-order valence-corrected chi connectivity index (χ1v) is 11.8. The maximum Gasteiger partial charge on any atom is 0.257 e. The van der Waals surface area contributed by atoms with Crippen molar-refractivity contribution < 1.29 is 23.0 Å². The van der Waals surface area contributed by atoms with Crippen LogP contribution in [0.4, 0.5) is 14.5 Å². The van der Waals surface area contributed by atoms with E-state index in [1.54, 1.807) is 32.2 Å². The van der Waals surface area contributed by atoms with Crippen molar-refractivity contribution in [3.8, 4) is 28.4 Å². The second-order valence-corrected chi connectivity index (χ2v) is 8.74. The SMILES string of the molecule is CCOc1cc(=O)n(C)cc1-c1cc(NC(=O)c2cc(Cl)ccc2Cl)ccc1Oc1ccc(F)cc1F. The number of aromatic nitrogens is 1. The van der Waals surface area contributed by atoms with Gasteiger partial charge in [-0.15, -0.1) is 0 Å². The number of carbonyl (C=O) groups is 1. The lowest BCUT2D eigenvalue weighted by Gasteiger charge is -2.17. The summed E-state index contributed by atoms with van der Waals surface area (Å²) in [4.78, 5) is 25.2. The van der Waals surface area contributed by atoms with Gasteiger partial charge in [0.2, 0.25) is 0 Å². The van der Waals surface area contributed by atoms with Crippen LogP contribution >= 0.6 is 23.2 Å². The number of aryl methyl sites for hydroxylation is 1. The Balaban J connectivity index is 1.82. The molecule has 10 heteroatoms. The molecule has 1 N–H and O–H groups in total. The normalized spacial score (nSPS) is 10.8. The van der Waals surface area contributed by atoms with Gasteiger partial charge in [0.15, 0.2) is 11.6 Å². The Labute approximate surface area is 221 Å². The van der Waals surface area contributed by atoms with Gasteiger partial charge in [-0.05, 0) is 55.5 Å². The zero-order chi connectivity index (χ0) is 26.7. The third-order valence-corrected chi connectivity index (χ3v) is 5.87. The molecule has 0 aliphatic carbocycles. The smallest absolute Gasteiger partial charge is 0.257 e. The van der Waals surface area contributed by atoms with Crippen LogP contribution in [-0.2, 0) is 7.05 Å². The highest BCUT2D eigenvalue weighted by atomic mass is 35.5. The van der Waals surface area contributed by atoms with Crippen molar-refractivity contribution in [2.45, 2.75) is 6.92 Å². The lowest BCUT2D eigenvalue weighted by molar-refractivity contribution is 0.102. The monoisotopic (exact) mass is 544 g/mol. The summed E-state index contributed by atoms with van der Waals surface area (Å²) in [7, 11) is 1.56. The Bertz CT molecular complexity index is 1560. The summed E-state index contributed by atoms with van der Waals surface area (Å²) >= 11 is 12.2. The number of hydrogen-bond donors (Lipinski definition) is 1. The molecule has 0 saturated heterocycles. The highest BCUT2D eigenvalue weighted by Gasteiger charge is 2.19. The third-order valence-electron chi connectivity index (χ3n) is 5.30. The van der Waals surface area contributed by atoms with Gasteiger partial charge in [-0.3, -0.25) is 9.59 Å². The molecule has 4 rings (SSSR count). The molecule has 0 aliphatic rings. The molecule has 0 bridgehead atoms. The summed E-state index contributed by atoms with van der Waals surface area (Å²) in [6.45, 7) is 2.03. The molecule has 1 heterocycles. The van der Waals surface area contributed by atoms with Crippen LogP contribution in [0.5, 0.6) is 17.2 Å². The first kappa shape index (κ1) is 26.2. The van der Waals surface area contributed by atoms with E-state index < -0.39 is 17.5 Å². The van der Waals surface area contributed by atoms with E-state index in [1.165, 1.54) is 35.0 Å². The Hall–Kier alpha value is -3.88. The van der Waals surface area contributed by atoms with Crippen molar-refractivity contribution in [1.29, 1.82) is 0 Å². The maximum absolute atomic E-state index is 14.4. The van der Waals surface area contributed by atoms with Gasteiger partial charge in [0, 0.05) is 47.2 Å². The molecule has 1 aromatic heterocycles. The Morgan fingerprint density at radius 2 is 1.70 bits per heavy atom. The van der Waals surface area contributed by atoms with E-state index in [-0.39, 0.29) is 40.0 Å². The van der Waals surface area contributed by atoms with Gasteiger partial charge in [0.25, 0.3) is 11.5 Å². The van der Waals surface area contributed by atoms with Crippen LogP contribution in [0, 0.1) is 11.6 Å². The van der Waals surface area contributed by atoms with Crippen LogP contribution in [0.25, 0.3) is 11.1 Å². The first-order chi connectivity index (χ1) is 17.7. The van der Waals surface area contributed by atoms with Crippen molar-refractivity contribution in [2.75, 3.05) is 11.9 Å². The number of benzene rings is 3. The van der Waals surface area contributed by atoms with Crippen LogP contribution < -0.4 is 20.3 Å². The zero-order valence-corrected chi connectivity index (χ0v) is 21.2. The van der Waals surface area contributed by atoms with Gasteiger partial charge < -0.3 is 19.4 Å². The summed E-state index contributed by atoms with van der Waals surface area (Å²) in [5.41, 5.74) is 1.02. The Morgan fingerprint density at radius 3 is 2.43 bits per heavy atom. The van der Waals surface area contributed by atoms with Crippen molar-refractivity contribution in [2.24, 2.45) is 7.05 Å². The molecule has 0 radical (unpaired) electrons. The highest BCUT2D eigenvalue weighted by Crippen LogP contribution is 2.40. The highest BCUT2D eigenvalue weighted by molar-refractivity contribution is 6.36. The molecular formula is C27H20Cl2F2N2O4. The topological polar surface area (TPSA) is 69.6 Å². The molecule has 37 heavy (non-hydrogen) atoms. The van der Waals surface area contributed by atoms with E-state index >= 15 is 0 Å². The van der Waals surface area contributed by atoms with Crippen LogP contribution in [0.1, 0.15) is 17.3 Å². The predicted molar refractivity (Wildman–Crippen MR) is 139 cm³/mol. The molecule has 0 unspecified atom stereocenters. The number of amides is 1. The zero-order valence-electron chi connectivity index (χ0n) is 19.7. The van der Waals surface area contributed by atoms with Crippen LogP contribution in [0.15, 0.2) is 71.7 Å². The number of anilines is 1. The number of carbonyl (C=O) groups excluding carboxylic acids is 1. The van der Waals surface area contributed by atoms with Crippen molar-refractivity contribution in [3.63, 3.8) is 0 Å². The largest absolute Gasteiger partial charge is 0.493 e. The minimum absolute atomic E-state index is 0.168. The number of hydrogen-bond acceptors (Lipinski definition) is 4. The third kappa shape index (κ3) is 5.93. The van der Waals surface area contributed by atoms with Crippen LogP contribution in [0.3, 0.4) is 0 Å². The van der Waals surface area contributed by atoms with Crippen molar-refractivity contribution in [3.05, 3.63) is 104 Å². The molecule has 4 aromatic rings. The number of rotatable bonds is 7. The summed E-state index contributed by atoms with van der Waals surface area (Å²) in [6.07, 6.45) is 1.54. The van der Waals surface area contributed by atoms with Crippen LogP contribution in [0.2, 0.25) is 10.0 Å². The van der Waals surface area contributed by atoms with E-state index in [0.717, 1.165) is 12.1 Å². The molecule has 6 nitrogen and oxygen atoms in total. The van der Waals surface area contributed by atoms with Gasteiger partial charge >= 0.3 is 0 Å². The molecular weight excluding hydrogens is 525 g/mol. The van der Waals surface area contributed by atoms with E-state index in [2.05, 4.69) is 5.32 Å². The van der Waals surface area contributed by atoms with Crippen molar-refractivity contribution in [1.82, 2.24) is 4.57 Å². The number of nitrogens with one attached hydrogen (secondary N) is 1. The summed E-state index contributed by atoms with van der Waals surface area (Å²) in [5, 5.41) is 3.31. The van der Waals surface area contributed by atoms with Gasteiger partial charge in [-0.1, -0.05) is 23.2 Å². The molecule has 190 valence electrons. The van der Waals surface area contributed by atoms with Gasteiger partial charge in [-0.2, -0.15) is 0 Å². The Kier molecular flexibility index (Phi) is 7.80. The summed E-state index contributed by atoms with van der Waals surface area (Å²) in [5.74, 6) is -1.95. The van der Waals surface area contributed by atoms with Crippen LogP contribution in [-0.4, -0.2) is 17.1 Å². The minimum atomic E-state index is -0.899. The molecule has 0 fully saturated rings. The van der Waals surface area contributed by atoms with Gasteiger partial charge in [0.1, 0.15) is 17.3 Å². The fourth-order valence-electron chi connectivity index (χ4n) is 3.54. The molecule has 1 amide bonds. The predicted octanol–water partition coefficient (Wildman–Crippen LogP) is 7.08. The fraction of sp³-hybridized carbons (Fsp3) is 0.111. The lowest BCUT2D eigenvalue weighted by atomic mass is 10.0. The maximum atomic E-state index is 14.4. The molecule has 0 atom stereocenters. The number of ether oxygens (including phenoxy) is 2. The average molecular weight is 545 g/mol. The average Bonchev–Trinajstić information content (AvgIpc) is 2.85. The minimum Gasteiger partial charge on any atom is -0.493 e. The van der Waals surface area contributed by atoms with Gasteiger partial charge in [0.05, 0.1) is 17.2 Å². The number of halogens is 4. The first-order valence-electron chi connectivity index (χ1n) is 11.0. The number of pyridine rings is 1. The summed E-state index contributed by atoms with van der Waals surface area (Å²) in [6, 6.07) is 13.4. The van der Waals surface area contributed by atoms with E-state index in [0.29, 0.717) is 27.9 Å². The lowest BCUT2D eigenvalue weighted by Crippen LogP contribution is -2.16. The summed E-state index contributed by atoms with van der Waals surface area (Å²) < 4.78 is 40.6. The quantitative estimate of drug-likeness (QED) is 0.270. The standard InChI is InChI=1S/C27H20Cl2F2N2O4/c1-3-36-25-13-26(34)33(2)14-20(25)18-12-17(32-27(35)19-10-15(28)4-7-21(19)29)6-9-23(18)37-24-8-5-16(30)11-22(24)31/h4-14H,3H2,1-2H3,(H,32,35). The molecule has 0 saturated carbocycles. The van der Waals surface area contributed by atoms with Crippen molar-refractivity contribution >= 4 is 34.8 Å². The van der Waals surface area contributed by atoms with E-state index in [4.69, 9.17) is 32.7 Å². The van der Waals surface area contributed by atoms with E-state index in [9.17, 15) is 18.4 Å². The number of nitrogens with zero attached hydrogens (tertiary/aromatic N) is 1. The second kappa shape index (κ2) is 11.0. The second-order valence-electron chi connectivity index (χ2n) is 7.90. The van der Waals surface area contributed by atoms with E-state index in [1.807, 2.05) is 0 Å². The fourth-order valence-corrected chi connectivity index (χ4v) is 3.92. The van der Waals surface area contributed by atoms with Gasteiger partial charge in [-0.25, -0.2) is 8.78 Å². The molecule has 3 aromatic carbocycles.